The van der Waals surface area contributed by atoms with E-state index in [0.29, 0.717) is 18.9 Å². The Labute approximate surface area is 190 Å². The maximum atomic E-state index is 11.8. The molecule has 0 aliphatic rings. The molecular formula is C28H56O2. The lowest BCUT2D eigenvalue weighted by molar-refractivity contribution is -0.144. The van der Waals surface area contributed by atoms with Crippen molar-refractivity contribution in [1.82, 2.24) is 0 Å². The second kappa shape index (κ2) is 23.1. The quantitative estimate of drug-likeness (QED) is 0.120. The Morgan fingerprint density at radius 2 is 1.07 bits per heavy atom. The van der Waals surface area contributed by atoms with E-state index in [1.54, 1.807) is 0 Å². The molecule has 0 amide bonds. The fourth-order valence-corrected chi connectivity index (χ4v) is 4.11. The molecule has 0 fully saturated rings. The molecule has 0 bridgehead atoms. The van der Waals surface area contributed by atoms with E-state index in [9.17, 15) is 4.79 Å². The van der Waals surface area contributed by atoms with Gasteiger partial charge in [0.2, 0.25) is 0 Å². The summed E-state index contributed by atoms with van der Waals surface area (Å²) in [6.45, 7) is 9.74. The van der Waals surface area contributed by atoms with Crippen molar-refractivity contribution in [2.75, 3.05) is 6.61 Å². The number of carbonyl (C=O) groups is 1. The largest absolute Gasteiger partial charge is 0.466 e. The lowest BCUT2D eigenvalue weighted by Crippen LogP contribution is -2.08. The molecule has 0 radical (unpaired) electrons. The van der Waals surface area contributed by atoms with Crippen LogP contribution in [0.1, 0.15) is 156 Å². The maximum absolute atomic E-state index is 11.8. The summed E-state index contributed by atoms with van der Waals surface area (Å²) in [6.07, 6.45) is 25.9. The molecule has 2 heteroatoms. The normalized spacial score (nSPS) is 12.4. The van der Waals surface area contributed by atoms with Crippen LogP contribution in [0, 0.1) is 11.8 Å². The molecule has 1 unspecified atom stereocenters. The molecule has 0 heterocycles. The monoisotopic (exact) mass is 424 g/mol. The van der Waals surface area contributed by atoms with Gasteiger partial charge in [-0.1, -0.05) is 137 Å². The second-order valence-corrected chi connectivity index (χ2v) is 10.1. The van der Waals surface area contributed by atoms with Crippen LogP contribution in [0.2, 0.25) is 0 Å². The molecule has 0 saturated heterocycles. The van der Waals surface area contributed by atoms with Gasteiger partial charge in [0.05, 0.1) is 6.61 Å². The minimum Gasteiger partial charge on any atom is -0.466 e. The smallest absolute Gasteiger partial charge is 0.305 e. The molecule has 0 aliphatic heterocycles. The summed E-state index contributed by atoms with van der Waals surface area (Å²) in [7, 11) is 0. The van der Waals surface area contributed by atoms with Gasteiger partial charge in [-0.15, -0.1) is 0 Å². The standard InChI is InChI=1S/C28H56O2/c1-5-6-7-8-9-10-11-12-13-14-15-16-17-18-19-23-28(29)30-25-24-27(4)22-20-21-26(2)3/h26-27H,5-25H2,1-4H3. The van der Waals surface area contributed by atoms with Crippen LogP contribution >= 0.6 is 0 Å². The van der Waals surface area contributed by atoms with Gasteiger partial charge in [-0.25, -0.2) is 0 Å². The van der Waals surface area contributed by atoms with E-state index < -0.39 is 0 Å². The molecular weight excluding hydrogens is 368 g/mol. The number of rotatable bonds is 23. The first-order chi connectivity index (χ1) is 14.6. The van der Waals surface area contributed by atoms with Crippen LogP contribution in [0.25, 0.3) is 0 Å². The topological polar surface area (TPSA) is 26.3 Å². The van der Waals surface area contributed by atoms with Gasteiger partial charge in [-0.3, -0.25) is 4.79 Å². The fraction of sp³-hybridized carbons (Fsp3) is 0.964. The van der Waals surface area contributed by atoms with Crippen LogP contribution in [0.5, 0.6) is 0 Å². The Morgan fingerprint density at radius 3 is 1.53 bits per heavy atom. The van der Waals surface area contributed by atoms with E-state index in [-0.39, 0.29) is 5.97 Å². The number of esters is 1. The van der Waals surface area contributed by atoms with Gasteiger partial charge >= 0.3 is 5.97 Å². The highest BCUT2D eigenvalue weighted by Gasteiger charge is 2.06. The molecule has 0 aromatic rings. The highest BCUT2D eigenvalue weighted by molar-refractivity contribution is 5.69. The first-order valence-electron chi connectivity index (χ1n) is 13.7. The molecule has 1 atom stereocenters. The van der Waals surface area contributed by atoms with Gasteiger partial charge < -0.3 is 4.74 Å². The van der Waals surface area contributed by atoms with E-state index in [2.05, 4.69) is 27.7 Å². The molecule has 0 rings (SSSR count). The molecule has 0 spiro atoms. The third-order valence-corrected chi connectivity index (χ3v) is 6.34. The minimum absolute atomic E-state index is 0.0130. The molecule has 0 aromatic carbocycles. The van der Waals surface area contributed by atoms with E-state index in [1.165, 1.54) is 109 Å². The average molecular weight is 425 g/mol. The number of hydrogen-bond acceptors (Lipinski definition) is 2. The van der Waals surface area contributed by atoms with E-state index in [1.807, 2.05) is 0 Å². The highest BCUT2D eigenvalue weighted by Crippen LogP contribution is 2.16. The summed E-state index contributed by atoms with van der Waals surface area (Å²) in [4.78, 5) is 11.8. The van der Waals surface area contributed by atoms with Crippen LogP contribution in [0.4, 0.5) is 0 Å². The van der Waals surface area contributed by atoms with Crippen molar-refractivity contribution >= 4 is 5.97 Å². The first kappa shape index (κ1) is 29.5. The maximum Gasteiger partial charge on any atom is 0.305 e. The summed E-state index contributed by atoms with van der Waals surface area (Å²) >= 11 is 0. The number of unbranched alkanes of at least 4 members (excludes halogenated alkanes) is 14. The third-order valence-electron chi connectivity index (χ3n) is 6.34. The Bertz CT molecular complexity index is 351. The van der Waals surface area contributed by atoms with Crippen LogP contribution < -0.4 is 0 Å². The van der Waals surface area contributed by atoms with Crippen molar-refractivity contribution in [3.8, 4) is 0 Å². The molecule has 0 aromatic heterocycles. The predicted molar refractivity (Wildman–Crippen MR) is 133 cm³/mol. The van der Waals surface area contributed by atoms with Gasteiger partial charge in [0.25, 0.3) is 0 Å². The Balaban J connectivity index is 3.24. The van der Waals surface area contributed by atoms with Crippen LogP contribution in [0.15, 0.2) is 0 Å². The second-order valence-electron chi connectivity index (χ2n) is 10.1. The molecule has 0 N–H and O–H groups in total. The summed E-state index contributed by atoms with van der Waals surface area (Å²) in [5.41, 5.74) is 0. The number of ether oxygens (including phenoxy) is 1. The number of carbonyl (C=O) groups excluding carboxylic acids is 1. The third kappa shape index (κ3) is 23.7. The summed E-state index contributed by atoms with van der Waals surface area (Å²) in [5, 5.41) is 0. The van der Waals surface area contributed by atoms with Gasteiger partial charge in [0.1, 0.15) is 0 Å². The molecule has 2 nitrogen and oxygen atoms in total. The summed E-state index contributed by atoms with van der Waals surface area (Å²) < 4.78 is 5.42. The average Bonchev–Trinajstić information content (AvgIpc) is 2.70. The van der Waals surface area contributed by atoms with Crippen LogP contribution in [-0.2, 0) is 9.53 Å². The van der Waals surface area contributed by atoms with E-state index in [0.717, 1.165) is 18.8 Å². The zero-order chi connectivity index (χ0) is 22.3. The Hall–Kier alpha value is -0.530. The molecule has 30 heavy (non-hydrogen) atoms. The van der Waals surface area contributed by atoms with E-state index >= 15 is 0 Å². The van der Waals surface area contributed by atoms with Crippen molar-refractivity contribution in [2.24, 2.45) is 11.8 Å². The van der Waals surface area contributed by atoms with Crippen molar-refractivity contribution in [1.29, 1.82) is 0 Å². The summed E-state index contributed by atoms with van der Waals surface area (Å²) in [6, 6.07) is 0. The van der Waals surface area contributed by atoms with Crippen molar-refractivity contribution < 1.29 is 9.53 Å². The van der Waals surface area contributed by atoms with Gasteiger partial charge in [-0.2, -0.15) is 0 Å². The van der Waals surface area contributed by atoms with E-state index in [4.69, 9.17) is 4.74 Å². The van der Waals surface area contributed by atoms with Gasteiger partial charge in [-0.05, 0) is 24.7 Å². The fourth-order valence-electron chi connectivity index (χ4n) is 4.11. The Kier molecular flexibility index (Phi) is 22.7. The zero-order valence-corrected chi connectivity index (χ0v) is 21.3. The van der Waals surface area contributed by atoms with Crippen molar-refractivity contribution in [2.45, 2.75) is 156 Å². The lowest BCUT2D eigenvalue weighted by atomic mass is 9.98. The van der Waals surface area contributed by atoms with Gasteiger partial charge in [0.15, 0.2) is 0 Å². The lowest BCUT2D eigenvalue weighted by Gasteiger charge is -2.12. The van der Waals surface area contributed by atoms with Crippen molar-refractivity contribution in [3.63, 3.8) is 0 Å². The number of hydrogen-bond donors (Lipinski definition) is 0. The first-order valence-corrected chi connectivity index (χ1v) is 13.7. The van der Waals surface area contributed by atoms with Crippen molar-refractivity contribution in [3.05, 3.63) is 0 Å². The van der Waals surface area contributed by atoms with Gasteiger partial charge in [0, 0.05) is 6.42 Å². The van der Waals surface area contributed by atoms with Crippen LogP contribution in [-0.4, -0.2) is 12.6 Å². The molecule has 0 aliphatic carbocycles. The van der Waals surface area contributed by atoms with Crippen LogP contribution in [0.3, 0.4) is 0 Å². The Morgan fingerprint density at radius 1 is 0.600 bits per heavy atom. The predicted octanol–water partition coefficient (Wildman–Crippen LogP) is 9.64. The minimum atomic E-state index is 0.0130. The highest BCUT2D eigenvalue weighted by atomic mass is 16.5. The molecule has 180 valence electrons. The molecule has 0 saturated carbocycles. The summed E-state index contributed by atoms with van der Waals surface area (Å²) in [5.74, 6) is 1.48. The SMILES string of the molecule is CCCCCCCCCCCCCCCCCC(=O)OCCC(C)CCCC(C)C. The zero-order valence-electron chi connectivity index (χ0n) is 21.3.